The van der Waals surface area contributed by atoms with Crippen molar-refractivity contribution in [1.29, 1.82) is 0 Å². The van der Waals surface area contributed by atoms with Gasteiger partial charge in [-0.25, -0.2) is 8.78 Å². The first-order valence-corrected chi connectivity index (χ1v) is 7.48. The smallest absolute Gasteiger partial charge is 0.254 e. The maximum absolute atomic E-state index is 13.4. The molecule has 7 heteroatoms. The summed E-state index contributed by atoms with van der Waals surface area (Å²) in [5.74, 6) is -1.87. The molecule has 2 N–H and O–H groups in total. The zero-order chi connectivity index (χ0) is 17.7. The standard InChI is InChI=1S/C17H18F2N2O3/c1-11-8-12(22)9-17(24)21(11)7-3-6-16(23)20-10-13-14(18)4-2-5-15(13)19/h2,4-5,8-9,22H,3,6-7,10H2,1H3,(H,20,23). The van der Waals surface area contributed by atoms with Gasteiger partial charge in [0.05, 0.1) is 0 Å². The number of carbonyl (C=O) groups is 1. The van der Waals surface area contributed by atoms with E-state index in [0.29, 0.717) is 18.7 Å². The SMILES string of the molecule is Cc1cc(O)cc(=O)n1CCCC(=O)NCc1c(F)cccc1F. The van der Waals surface area contributed by atoms with E-state index in [2.05, 4.69) is 5.32 Å². The Morgan fingerprint density at radius 3 is 2.54 bits per heavy atom. The van der Waals surface area contributed by atoms with Gasteiger partial charge in [-0.05, 0) is 31.5 Å². The number of hydrogen-bond acceptors (Lipinski definition) is 3. The van der Waals surface area contributed by atoms with Crippen LogP contribution in [0.15, 0.2) is 35.1 Å². The van der Waals surface area contributed by atoms with Gasteiger partial charge in [-0.3, -0.25) is 9.59 Å². The number of aryl methyl sites for hydroxylation is 1. The van der Waals surface area contributed by atoms with Gasteiger partial charge in [0, 0.05) is 36.8 Å². The first kappa shape index (κ1) is 17.7. The van der Waals surface area contributed by atoms with Crippen LogP contribution in [0.3, 0.4) is 0 Å². The number of aromatic hydroxyl groups is 1. The molecule has 0 saturated heterocycles. The van der Waals surface area contributed by atoms with E-state index in [1.165, 1.54) is 16.7 Å². The molecule has 0 aliphatic carbocycles. The maximum atomic E-state index is 13.4. The van der Waals surface area contributed by atoms with Crippen LogP contribution in [0.25, 0.3) is 0 Å². The van der Waals surface area contributed by atoms with E-state index >= 15 is 0 Å². The fourth-order valence-corrected chi connectivity index (χ4v) is 2.37. The fourth-order valence-electron chi connectivity index (χ4n) is 2.37. The molecular weight excluding hydrogens is 318 g/mol. The third kappa shape index (κ3) is 4.41. The van der Waals surface area contributed by atoms with Crippen LogP contribution < -0.4 is 10.9 Å². The van der Waals surface area contributed by atoms with Gasteiger partial charge in [0.2, 0.25) is 5.91 Å². The number of hydrogen-bond donors (Lipinski definition) is 2. The van der Waals surface area contributed by atoms with Gasteiger partial charge in [-0.15, -0.1) is 0 Å². The van der Waals surface area contributed by atoms with Crippen LogP contribution in [0.2, 0.25) is 0 Å². The Kier molecular flexibility index (Phi) is 5.68. The van der Waals surface area contributed by atoms with Crippen LogP contribution in [-0.4, -0.2) is 15.6 Å². The van der Waals surface area contributed by atoms with Crippen molar-refractivity contribution in [2.75, 3.05) is 0 Å². The highest BCUT2D eigenvalue weighted by molar-refractivity contribution is 5.75. The van der Waals surface area contributed by atoms with Gasteiger partial charge in [-0.1, -0.05) is 6.07 Å². The Balaban J connectivity index is 1.85. The van der Waals surface area contributed by atoms with Crippen LogP contribution in [0, 0.1) is 18.6 Å². The summed E-state index contributed by atoms with van der Waals surface area (Å²) in [6, 6.07) is 6.08. The number of halogens is 2. The Hall–Kier alpha value is -2.70. The van der Waals surface area contributed by atoms with E-state index in [-0.39, 0.29) is 35.7 Å². The second-order valence-electron chi connectivity index (χ2n) is 5.43. The van der Waals surface area contributed by atoms with Crippen molar-refractivity contribution in [1.82, 2.24) is 9.88 Å². The van der Waals surface area contributed by atoms with Crippen LogP contribution >= 0.6 is 0 Å². The normalized spacial score (nSPS) is 10.6. The largest absolute Gasteiger partial charge is 0.508 e. The highest BCUT2D eigenvalue weighted by atomic mass is 19.1. The molecule has 0 unspecified atom stereocenters. The third-order valence-electron chi connectivity index (χ3n) is 3.63. The van der Waals surface area contributed by atoms with Crippen molar-refractivity contribution in [2.45, 2.75) is 32.9 Å². The minimum absolute atomic E-state index is 0.0987. The van der Waals surface area contributed by atoms with Crippen molar-refractivity contribution >= 4 is 5.91 Å². The molecule has 128 valence electrons. The summed E-state index contributed by atoms with van der Waals surface area (Å²) < 4.78 is 28.3. The van der Waals surface area contributed by atoms with Gasteiger partial charge < -0.3 is 15.0 Å². The summed E-state index contributed by atoms with van der Waals surface area (Å²) in [4.78, 5) is 23.5. The molecule has 2 rings (SSSR count). The lowest BCUT2D eigenvalue weighted by molar-refractivity contribution is -0.121. The Morgan fingerprint density at radius 1 is 1.25 bits per heavy atom. The molecule has 0 bridgehead atoms. The zero-order valence-electron chi connectivity index (χ0n) is 13.2. The van der Waals surface area contributed by atoms with Gasteiger partial charge in [0.1, 0.15) is 17.4 Å². The molecule has 0 spiro atoms. The van der Waals surface area contributed by atoms with Gasteiger partial charge in [0.25, 0.3) is 5.56 Å². The monoisotopic (exact) mass is 336 g/mol. The zero-order valence-corrected chi connectivity index (χ0v) is 13.2. The molecule has 1 aromatic carbocycles. The molecule has 2 aromatic rings. The predicted octanol–water partition coefficient (Wildman–Crippen LogP) is 2.24. The highest BCUT2D eigenvalue weighted by Gasteiger charge is 2.10. The highest BCUT2D eigenvalue weighted by Crippen LogP contribution is 2.12. The minimum Gasteiger partial charge on any atom is -0.508 e. The van der Waals surface area contributed by atoms with Crippen LogP contribution in [0.1, 0.15) is 24.1 Å². The summed E-state index contributed by atoms with van der Waals surface area (Å²) in [6.07, 6.45) is 0.500. The van der Waals surface area contributed by atoms with Crippen LogP contribution in [0.4, 0.5) is 8.78 Å². The number of carbonyl (C=O) groups excluding carboxylic acids is 1. The van der Waals surface area contributed by atoms with Crippen molar-refractivity contribution in [2.24, 2.45) is 0 Å². The lowest BCUT2D eigenvalue weighted by atomic mass is 10.2. The molecule has 0 aliphatic rings. The van der Waals surface area contributed by atoms with Crippen molar-refractivity contribution < 1.29 is 18.7 Å². The minimum atomic E-state index is -0.707. The number of rotatable bonds is 6. The first-order chi connectivity index (χ1) is 11.4. The summed E-state index contributed by atoms with van der Waals surface area (Å²) in [7, 11) is 0. The molecule has 0 saturated carbocycles. The average Bonchev–Trinajstić information content (AvgIpc) is 2.49. The van der Waals surface area contributed by atoms with Crippen molar-refractivity contribution in [3.05, 3.63) is 63.6 Å². The quantitative estimate of drug-likeness (QED) is 0.850. The van der Waals surface area contributed by atoms with E-state index in [4.69, 9.17) is 0 Å². The number of aromatic nitrogens is 1. The van der Waals surface area contributed by atoms with Gasteiger partial charge in [-0.2, -0.15) is 0 Å². The number of nitrogens with one attached hydrogen (secondary N) is 1. The molecule has 1 amide bonds. The third-order valence-corrected chi connectivity index (χ3v) is 3.63. The topological polar surface area (TPSA) is 71.3 Å². The number of amides is 1. The second-order valence-corrected chi connectivity index (χ2v) is 5.43. The lowest BCUT2D eigenvalue weighted by Gasteiger charge is -2.10. The molecule has 1 heterocycles. The summed E-state index contributed by atoms with van der Waals surface area (Å²) in [5.41, 5.74) is 0.0617. The van der Waals surface area contributed by atoms with E-state index in [9.17, 15) is 23.5 Å². The Morgan fingerprint density at radius 2 is 1.92 bits per heavy atom. The summed E-state index contributed by atoms with van der Waals surface area (Å²) >= 11 is 0. The molecule has 5 nitrogen and oxygen atoms in total. The molecule has 0 atom stereocenters. The van der Waals surface area contributed by atoms with Gasteiger partial charge >= 0.3 is 0 Å². The number of pyridine rings is 1. The van der Waals surface area contributed by atoms with E-state index in [0.717, 1.165) is 18.2 Å². The molecule has 0 aliphatic heterocycles. The maximum Gasteiger partial charge on any atom is 0.254 e. The van der Waals surface area contributed by atoms with E-state index in [1.807, 2.05) is 0 Å². The first-order valence-electron chi connectivity index (χ1n) is 7.48. The van der Waals surface area contributed by atoms with Crippen LogP contribution in [-0.2, 0) is 17.9 Å². The van der Waals surface area contributed by atoms with E-state index < -0.39 is 11.6 Å². The van der Waals surface area contributed by atoms with Crippen molar-refractivity contribution in [3.63, 3.8) is 0 Å². The second kappa shape index (κ2) is 7.72. The average molecular weight is 336 g/mol. The van der Waals surface area contributed by atoms with Gasteiger partial charge in [0.15, 0.2) is 0 Å². The Labute approximate surface area is 137 Å². The molecule has 1 aromatic heterocycles. The number of benzene rings is 1. The summed E-state index contributed by atoms with van der Waals surface area (Å²) in [5, 5.41) is 11.8. The molecular formula is C17H18F2N2O3. The van der Waals surface area contributed by atoms with Crippen molar-refractivity contribution in [3.8, 4) is 5.75 Å². The molecule has 0 radical (unpaired) electrons. The van der Waals surface area contributed by atoms with Crippen LogP contribution in [0.5, 0.6) is 5.75 Å². The predicted molar refractivity (Wildman–Crippen MR) is 84.5 cm³/mol. The molecule has 24 heavy (non-hydrogen) atoms. The fraction of sp³-hybridized carbons (Fsp3) is 0.294. The van der Waals surface area contributed by atoms with E-state index in [1.54, 1.807) is 6.92 Å². The Bertz CT molecular complexity index is 783. The number of nitrogens with zero attached hydrogens (tertiary/aromatic N) is 1. The molecule has 0 fully saturated rings. The summed E-state index contributed by atoms with van der Waals surface area (Å²) in [6.45, 7) is 1.77. The lowest BCUT2D eigenvalue weighted by Crippen LogP contribution is -2.25.